The first-order valence-corrected chi connectivity index (χ1v) is 12.9. The molecule has 0 bridgehead atoms. The summed E-state index contributed by atoms with van der Waals surface area (Å²) in [7, 11) is 1.73. The number of benzene rings is 1. The SMILES string of the molecule is CN[C@@H](C)C(=O)NC(C(=O)N1CCC[C@H]1c1ccnc(C(=O)c2ccc(F)cc2)c1)C1CCCCC1. The molecule has 1 unspecified atom stereocenters. The molecule has 1 saturated carbocycles. The van der Waals surface area contributed by atoms with Gasteiger partial charge in [0.2, 0.25) is 17.6 Å². The summed E-state index contributed by atoms with van der Waals surface area (Å²) in [5, 5.41) is 6.00. The maximum Gasteiger partial charge on any atom is 0.245 e. The number of pyridine rings is 1. The number of likely N-dealkylation sites (N-methyl/N-ethyl adjacent to an activating group) is 1. The molecule has 2 fully saturated rings. The van der Waals surface area contributed by atoms with E-state index in [-0.39, 0.29) is 35.3 Å². The fourth-order valence-electron chi connectivity index (χ4n) is 5.34. The van der Waals surface area contributed by atoms with Gasteiger partial charge in [-0.25, -0.2) is 4.39 Å². The number of rotatable bonds is 8. The Kier molecular flexibility index (Phi) is 8.46. The van der Waals surface area contributed by atoms with Gasteiger partial charge in [0, 0.05) is 18.3 Å². The van der Waals surface area contributed by atoms with Crippen molar-refractivity contribution >= 4 is 17.6 Å². The predicted octanol–water partition coefficient (Wildman–Crippen LogP) is 3.79. The number of likely N-dealkylation sites (tertiary alicyclic amines) is 1. The molecule has 2 aliphatic rings. The molecular weight excluding hydrogens is 459 g/mol. The smallest absolute Gasteiger partial charge is 0.245 e. The molecule has 2 N–H and O–H groups in total. The van der Waals surface area contributed by atoms with Crippen molar-refractivity contribution in [3.63, 3.8) is 0 Å². The number of hydrogen-bond acceptors (Lipinski definition) is 5. The van der Waals surface area contributed by atoms with Crippen LogP contribution in [0.4, 0.5) is 4.39 Å². The second kappa shape index (κ2) is 11.7. The minimum atomic E-state index is -0.559. The summed E-state index contributed by atoms with van der Waals surface area (Å²) in [6.45, 7) is 2.39. The summed E-state index contributed by atoms with van der Waals surface area (Å²) in [6, 6.07) is 7.84. The minimum absolute atomic E-state index is 0.0516. The average molecular weight is 495 g/mol. The van der Waals surface area contributed by atoms with Gasteiger partial charge >= 0.3 is 0 Å². The van der Waals surface area contributed by atoms with Crippen LogP contribution >= 0.6 is 0 Å². The van der Waals surface area contributed by atoms with Crippen molar-refractivity contribution in [1.82, 2.24) is 20.5 Å². The second-order valence-electron chi connectivity index (χ2n) is 9.89. The molecule has 192 valence electrons. The molecule has 1 saturated heterocycles. The van der Waals surface area contributed by atoms with Crippen LogP contribution in [-0.4, -0.2) is 53.2 Å². The van der Waals surface area contributed by atoms with Gasteiger partial charge in [-0.3, -0.25) is 19.4 Å². The van der Waals surface area contributed by atoms with Gasteiger partial charge in [-0.1, -0.05) is 19.3 Å². The highest BCUT2D eigenvalue weighted by Crippen LogP contribution is 2.35. The molecule has 3 atom stereocenters. The molecule has 0 spiro atoms. The van der Waals surface area contributed by atoms with Crippen LogP contribution in [0.2, 0.25) is 0 Å². The first-order chi connectivity index (χ1) is 17.4. The summed E-state index contributed by atoms with van der Waals surface area (Å²) >= 11 is 0. The standard InChI is InChI=1S/C28H35FN4O3/c1-18(30-2)27(35)32-25(19-7-4-3-5-8-19)28(36)33-16-6-9-24(33)21-14-15-31-23(17-21)26(34)20-10-12-22(29)13-11-20/h10-15,17-19,24-25,30H,3-9,16H2,1-2H3,(H,32,35)/t18-,24-,25?/m0/s1. The lowest BCUT2D eigenvalue weighted by atomic mass is 9.83. The number of amides is 2. The van der Waals surface area contributed by atoms with E-state index in [0.29, 0.717) is 12.1 Å². The number of nitrogens with one attached hydrogen (secondary N) is 2. The number of carbonyl (C=O) groups excluding carboxylic acids is 3. The maximum absolute atomic E-state index is 13.9. The fraction of sp³-hybridized carbons (Fsp3) is 0.500. The largest absolute Gasteiger partial charge is 0.343 e. The highest BCUT2D eigenvalue weighted by atomic mass is 19.1. The predicted molar refractivity (Wildman–Crippen MR) is 135 cm³/mol. The van der Waals surface area contributed by atoms with E-state index in [0.717, 1.165) is 50.5 Å². The molecule has 2 amide bonds. The molecule has 7 nitrogen and oxygen atoms in total. The van der Waals surface area contributed by atoms with E-state index in [2.05, 4.69) is 15.6 Å². The van der Waals surface area contributed by atoms with Crippen LogP contribution in [0.3, 0.4) is 0 Å². The maximum atomic E-state index is 13.9. The number of ketones is 1. The van der Waals surface area contributed by atoms with Crippen LogP contribution in [0.15, 0.2) is 42.6 Å². The quantitative estimate of drug-likeness (QED) is 0.545. The molecule has 1 aliphatic carbocycles. The van der Waals surface area contributed by atoms with Gasteiger partial charge in [0.15, 0.2) is 0 Å². The zero-order valence-corrected chi connectivity index (χ0v) is 21.0. The summed E-state index contributed by atoms with van der Waals surface area (Å²) in [5.74, 6) is -0.802. The Morgan fingerprint density at radius 1 is 1.03 bits per heavy atom. The van der Waals surface area contributed by atoms with Crippen LogP contribution in [-0.2, 0) is 9.59 Å². The van der Waals surface area contributed by atoms with Crippen molar-refractivity contribution in [2.45, 2.75) is 70.0 Å². The third kappa shape index (κ3) is 5.81. The van der Waals surface area contributed by atoms with Crippen LogP contribution < -0.4 is 10.6 Å². The Hall–Kier alpha value is -3.13. The lowest BCUT2D eigenvalue weighted by molar-refractivity contribution is -0.139. The van der Waals surface area contributed by atoms with Gasteiger partial charge in [0.25, 0.3) is 0 Å². The molecule has 1 aliphatic heterocycles. The molecule has 0 radical (unpaired) electrons. The number of carbonyl (C=O) groups is 3. The Labute approximate surface area is 211 Å². The van der Waals surface area contributed by atoms with E-state index in [9.17, 15) is 18.8 Å². The van der Waals surface area contributed by atoms with Crippen molar-refractivity contribution < 1.29 is 18.8 Å². The summed E-state index contributed by atoms with van der Waals surface area (Å²) < 4.78 is 13.3. The minimum Gasteiger partial charge on any atom is -0.343 e. The Morgan fingerprint density at radius 3 is 2.44 bits per heavy atom. The molecule has 4 rings (SSSR count). The summed E-state index contributed by atoms with van der Waals surface area (Å²) in [6.07, 6.45) is 8.34. The van der Waals surface area contributed by atoms with Crippen molar-refractivity contribution in [1.29, 1.82) is 0 Å². The van der Waals surface area contributed by atoms with Gasteiger partial charge in [-0.05, 0) is 87.5 Å². The molecule has 2 aromatic rings. The highest BCUT2D eigenvalue weighted by Gasteiger charge is 2.39. The van der Waals surface area contributed by atoms with Gasteiger partial charge in [-0.15, -0.1) is 0 Å². The lowest BCUT2D eigenvalue weighted by Crippen LogP contribution is -2.55. The van der Waals surface area contributed by atoms with Gasteiger partial charge in [-0.2, -0.15) is 0 Å². The Balaban J connectivity index is 1.56. The van der Waals surface area contributed by atoms with Crippen LogP contribution in [0, 0.1) is 11.7 Å². The van der Waals surface area contributed by atoms with Crippen LogP contribution in [0.25, 0.3) is 0 Å². The Morgan fingerprint density at radius 2 is 1.75 bits per heavy atom. The number of hydrogen-bond donors (Lipinski definition) is 2. The van der Waals surface area contributed by atoms with Crippen molar-refractivity contribution in [2.24, 2.45) is 5.92 Å². The third-order valence-electron chi connectivity index (χ3n) is 7.56. The van der Waals surface area contributed by atoms with E-state index >= 15 is 0 Å². The van der Waals surface area contributed by atoms with Gasteiger partial charge in [0.05, 0.1) is 12.1 Å². The first kappa shape index (κ1) is 25.9. The number of halogens is 1. The van der Waals surface area contributed by atoms with Crippen LogP contribution in [0.5, 0.6) is 0 Å². The highest BCUT2D eigenvalue weighted by molar-refractivity contribution is 6.07. The van der Waals surface area contributed by atoms with E-state index in [4.69, 9.17) is 0 Å². The third-order valence-corrected chi connectivity index (χ3v) is 7.56. The van der Waals surface area contributed by atoms with E-state index in [1.54, 1.807) is 26.2 Å². The monoisotopic (exact) mass is 494 g/mol. The molecule has 1 aromatic carbocycles. The molecule has 36 heavy (non-hydrogen) atoms. The van der Waals surface area contributed by atoms with E-state index in [1.165, 1.54) is 24.3 Å². The van der Waals surface area contributed by atoms with Gasteiger partial charge < -0.3 is 15.5 Å². The molecule has 1 aromatic heterocycles. The average Bonchev–Trinajstić information content (AvgIpc) is 3.41. The molecular formula is C28H35FN4O3. The van der Waals surface area contributed by atoms with Crippen molar-refractivity contribution in [3.8, 4) is 0 Å². The van der Waals surface area contributed by atoms with Crippen molar-refractivity contribution in [3.05, 3.63) is 65.2 Å². The lowest BCUT2D eigenvalue weighted by Gasteiger charge is -2.35. The topological polar surface area (TPSA) is 91.4 Å². The zero-order valence-electron chi connectivity index (χ0n) is 21.0. The molecule has 8 heteroatoms. The summed E-state index contributed by atoms with van der Waals surface area (Å²) in [5.41, 5.74) is 1.47. The van der Waals surface area contributed by atoms with Gasteiger partial charge in [0.1, 0.15) is 17.6 Å². The zero-order chi connectivity index (χ0) is 25.7. The number of nitrogens with zero attached hydrogens (tertiary/aromatic N) is 2. The Bertz CT molecular complexity index is 1080. The van der Waals surface area contributed by atoms with E-state index < -0.39 is 17.9 Å². The van der Waals surface area contributed by atoms with Crippen molar-refractivity contribution in [2.75, 3.05) is 13.6 Å². The summed E-state index contributed by atoms with van der Waals surface area (Å²) in [4.78, 5) is 45.7. The van der Waals surface area contributed by atoms with E-state index in [1.807, 2.05) is 11.0 Å². The normalized spacial score (nSPS) is 20.1. The molecule has 2 heterocycles. The fourth-order valence-corrected chi connectivity index (χ4v) is 5.34. The first-order valence-electron chi connectivity index (χ1n) is 12.9. The second-order valence-corrected chi connectivity index (χ2v) is 9.89. The van der Waals surface area contributed by atoms with Crippen LogP contribution in [0.1, 0.15) is 79.5 Å². The number of aromatic nitrogens is 1.